The number of hydrogen-bond donors (Lipinski definition) is 1. The van der Waals surface area contributed by atoms with Crippen LogP contribution in [-0.4, -0.2) is 54.4 Å². The van der Waals surface area contributed by atoms with Gasteiger partial charge in [-0.3, -0.25) is 14.6 Å². The van der Waals surface area contributed by atoms with Gasteiger partial charge in [0.25, 0.3) is 0 Å². The van der Waals surface area contributed by atoms with Crippen LogP contribution in [0.3, 0.4) is 0 Å². The summed E-state index contributed by atoms with van der Waals surface area (Å²) in [6, 6.07) is 8.74. The number of pyridine rings is 1. The summed E-state index contributed by atoms with van der Waals surface area (Å²) in [5.74, 6) is -1.24. The molecule has 1 aromatic heterocycles. The van der Waals surface area contributed by atoms with Crippen molar-refractivity contribution in [2.75, 3.05) is 20.6 Å². The number of halogens is 3. The first-order valence-electron chi connectivity index (χ1n) is 12.0. The van der Waals surface area contributed by atoms with E-state index < -0.39 is 23.4 Å². The Morgan fingerprint density at radius 3 is 2.31 bits per heavy atom. The van der Waals surface area contributed by atoms with Gasteiger partial charge in [0, 0.05) is 49.3 Å². The van der Waals surface area contributed by atoms with Gasteiger partial charge in [0.15, 0.2) is 5.78 Å². The molecule has 0 radical (unpaired) electrons. The van der Waals surface area contributed by atoms with Crippen molar-refractivity contribution >= 4 is 11.7 Å². The maximum atomic E-state index is 13.9. The number of hydrogen-bond acceptors (Lipinski definition) is 4. The zero-order valence-corrected chi connectivity index (χ0v) is 20.8. The average molecular weight is 490 g/mol. The molecule has 1 amide bonds. The molecule has 35 heavy (non-hydrogen) atoms. The number of carbonyl (C=O) groups is 2. The van der Waals surface area contributed by atoms with Crippen LogP contribution >= 0.6 is 0 Å². The fourth-order valence-electron chi connectivity index (χ4n) is 4.68. The fraction of sp³-hybridized carbons (Fsp3) is 0.519. The molecular formula is C27H34F3N3O2. The molecular weight excluding hydrogens is 455 g/mol. The first-order chi connectivity index (χ1) is 16.5. The molecule has 8 heteroatoms. The Hall–Kier alpha value is -2.74. The lowest BCUT2D eigenvalue weighted by molar-refractivity contribution is -0.194. The predicted molar refractivity (Wildman–Crippen MR) is 129 cm³/mol. The molecule has 1 aliphatic carbocycles. The van der Waals surface area contributed by atoms with Gasteiger partial charge in [0.2, 0.25) is 5.91 Å². The van der Waals surface area contributed by atoms with E-state index in [0.717, 1.165) is 11.1 Å². The quantitative estimate of drug-likeness (QED) is 0.447. The number of amides is 1. The third-order valence-corrected chi connectivity index (χ3v) is 7.22. The van der Waals surface area contributed by atoms with Crippen LogP contribution < -0.4 is 5.32 Å². The Kier molecular flexibility index (Phi) is 8.36. The van der Waals surface area contributed by atoms with Crippen molar-refractivity contribution < 1.29 is 22.8 Å². The molecule has 5 nitrogen and oxygen atoms in total. The van der Waals surface area contributed by atoms with Gasteiger partial charge in [-0.25, -0.2) is 0 Å². The second-order valence-electron chi connectivity index (χ2n) is 9.73. The largest absolute Gasteiger partial charge is 0.395 e. The van der Waals surface area contributed by atoms with Gasteiger partial charge in [-0.15, -0.1) is 0 Å². The zero-order chi connectivity index (χ0) is 25.8. The summed E-state index contributed by atoms with van der Waals surface area (Å²) in [4.78, 5) is 30.8. The summed E-state index contributed by atoms with van der Waals surface area (Å²) in [5.41, 5.74) is 1.40. The normalized spacial score (nSPS) is 16.6. The monoisotopic (exact) mass is 489 g/mol. The highest BCUT2D eigenvalue weighted by molar-refractivity contribution is 5.96. The molecule has 1 aromatic carbocycles. The first-order valence-corrected chi connectivity index (χ1v) is 12.0. The minimum Gasteiger partial charge on any atom is -0.355 e. The number of alkyl halides is 3. The molecule has 0 saturated heterocycles. The van der Waals surface area contributed by atoms with Crippen molar-refractivity contribution in [3.8, 4) is 0 Å². The van der Waals surface area contributed by atoms with Gasteiger partial charge < -0.3 is 10.2 Å². The molecule has 2 atom stereocenters. The molecule has 1 unspecified atom stereocenters. The van der Waals surface area contributed by atoms with Crippen LogP contribution in [0, 0.1) is 12.3 Å². The summed E-state index contributed by atoms with van der Waals surface area (Å²) in [5, 5.41) is 2.88. The third kappa shape index (κ3) is 6.28. The van der Waals surface area contributed by atoms with E-state index in [2.05, 4.69) is 10.3 Å². The Morgan fingerprint density at radius 1 is 1.14 bits per heavy atom. The summed E-state index contributed by atoms with van der Waals surface area (Å²) >= 11 is 0. The van der Waals surface area contributed by atoms with Gasteiger partial charge in [-0.1, -0.05) is 19.1 Å². The second-order valence-corrected chi connectivity index (χ2v) is 9.73. The number of ketones is 1. The molecule has 1 fully saturated rings. The predicted octanol–water partition coefficient (Wildman–Crippen LogP) is 5.09. The maximum Gasteiger partial charge on any atom is 0.395 e. The number of aryl methyl sites for hydroxylation is 1. The molecule has 0 bridgehead atoms. The minimum absolute atomic E-state index is 0.0346. The number of aromatic nitrogens is 1. The Labute approximate surface area is 205 Å². The third-order valence-electron chi connectivity index (χ3n) is 7.22. The Bertz CT molecular complexity index is 1030. The lowest BCUT2D eigenvalue weighted by Crippen LogP contribution is -2.43. The van der Waals surface area contributed by atoms with Gasteiger partial charge in [-0.05, 0) is 75.2 Å². The van der Waals surface area contributed by atoms with Crippen molar-refractivity contribution in [3.63, 3.8) is 0 Å². The smallest absolute Gasteiger partial charge is 0.355 e. The highest BCUT2D eigenvalue weighted by Crippen LogP contribution is 2.66. The number of likely N-dealkylation sites (N-methyl/N-ethyl adjacent to an activating group) is 1. The number of Topliss-reactive ketones (excluding diaryl/α,β-unsaturated/α-hetero) is 1. The minimum atomic E-state index is -4.36. The highest BCUT2D eigenvalue weighted by atomic mass is 19.4. The van der Waals surface area contributed by atoms with E-state index in [0.29, 0.717) is 30.5 Å². The van der Waals surface area contributed by atoms with Crippen LogP contribution in [0.25, 0.3) is 0 Å². The molecule has 1 N–H and O–H groups in total. The standard InChI is InChI=1S/C27H34F3N3O2/c1-5-24(34)21-7-6-20(18(2)14-21)15-22(33(3)4)17-32-25(35)16-23(19-8-12-31-13-9-19)26(10-11-26)27(28,29)30/h6-9,12-14,22-23H,5,10-11,15-17H2,1-4H3,(H,32,35)/t22-,23?/m0/s1. The summed E-state index contributed by atoms with van der Waals surface area (Å²) in [6.07, 6.45) is -0.499. The van der Waals surface area contributed by atoms with Crippen molar-refractivity contribution in [3.05, 3.63) is 65.0 Å². The van der Waals surface area contributed by atoms with Crippen molar-refractivity contribution in [1.82, 2.24) is 15.2 Å². The lowest BCUT2D eigenvalue weighted by atomic mass is 9.80. The van der Waals surface area contributed by atoms with Crippen LogP contribution in [-0.2, 0) is 11.2 Å². The van der Waals surface area contributed by atoms with Crippen LogP contribution in [0.5, 0.6) is 0 Å². The van der Waals surface area contributed by atoms with E-state index >= 15 is 0 Å². The molecule has 3 rings (SSSR count). The number of benzene rings is 1. The summed E-state index contributed by atoms with van der Waals surface area (Å²) < 4.78 is 41.7. The van der Waals surface area contributed by atoms with Crippen LogP contribution in [0.15, 0.2) is 42.7 Å². The molecule has 0 spiro atoms. The first kappa shape index (κ1) is 26.9. The van der Waals surface area contributed by atoms with Crippen molar-refractivity contribution in [1.29, 1.82) is 0 Å². The zero-order valence-electron chi connectivity index (χ0n) is 20.8. The molecule has 1 saturated carbocycles. The van der Waals surface area contributed by atoms with Crippen LogP contribution in [0.4, 0.5) is 13.2 Å². The van der Waals surface area contributed by atoms with Crippen LogP contribution in [0.2, 0.25) is 0 Å². The van der Waals surface area contributed by atoms with E-state index in [-0.39, 0.29) is 31.1 Å². The van der Waals surface area contributed by atoms with E-state index in [9.17, 15) is 22.8 Å². The van der Waals surface area contributed by atoms with Gasteiger partial charge >= 0.3 is 6.18 Å². The average Bonchev–Trinajstić information content (AvgIpc) is 3.63. The van der Waals surface area contributed by atoms with Crippen LogP contribution in [0.1, 0.15) is 65.6 Å². The molecule has 0 aliphatic heterocycles. The number of carbonyl (C=O) groups excluding carboxylic acids is 2. The lowest BCUT2D eigenvalue weighted by Gasteiger charge is -2.30. The van der Waals surface area contributed by atoms with E-state index in [1.807, 2.05) is 51.0 Å². The summed E-state index contributed by atoms with van der Waals surface area (Å²) in [7, 11) is 3.81. The highest BCUT2D eigenvalue weighted by Gasteiger charge is 2.67. The van der Waals surface area contributed by atoms with Gasteiger partial charge in [0.1, 0.15) is 0 Å². The fourth-order valence-corrected chi connectivity index (χ4v) is 4.68. The molecule has 190 valence electrons. The summed E-state index contributed by atoms with van der Waals surface area (Å²) in [6.45, 7) is 4.09. The topological polar surface area (TPSA) is 62.3 Å². The van der Waals surface area contributed by atoms with E-state index in [4.69, 9.17) is 0 Å². The van der Waals surface area contributed by atoms with E-state index in [1.54, 1.807) is 12.1 Å². The number of nitrogens with one attached hydrogen (secondary N) is 1. The number of nitrogens with zero attached hydrogens (tertiary/aromatic N) is 2. The molecule has 1 aliphatic rings. The van der Waals surface area contributed by atoms with Gasteiger partial charge in [0.05, 0.1) is 5.41 Å². The second kappa shape index (κ2) is 10.9. The van der Waals surface area contributed by atoms with E-state index in [1.165, 1.54) is 12.4 Å². The Morgan fingerprint density at radius 2 is 1.80 bits per heavy atom. The molecule has 2 aromatic rings. The maximum absolute atomic E-state index is 13.9. The van der Waals surface area contributed by atoms with Crippen molar-refractivity contribution in [2.24, 2.45) is 5.41 Å². The number of rotatable bonds is 11. The Balaban J connectivity index is 1.68. The van der Waals surface area contributed by atoms with Gasteiger partial charge in [-0.2, -0.15) is 13.2 Å². The van der Waals surface area contributed by atoms with Crippen molar-refractivity contribution in [2.45, 2.75) is 64.1 Å². The molecule has 1 heterocycles. The SMILES string of the molecule is CCC(=O)c1ccc(C[C@@H](CNC(=O)CC(c2ccncc2)C2(C(F)(F)F)CC2)N(C)C)c(C)c1.